The second-order valence-electron chi connectivity index (χ2n) is 4.06. The third-order valence-electron chi connectivity index (χ3n) is 2.56. The molecular formula is C14H15N3O. The SMILES string of the molecule is Cc1cccc(NC(=O)c2ccnc(CN)c2)c1. The first-order chi connectivity index (χ1) is 8.69. The van der Waals surface area contributed by atoms with Crippen molar-refractivity contribution < 1.29 is 4.79 Å². The highest BCUT2D eigenvalue weighted by Gasteiger charge is 2.06. The van der Waals surface area contributed by atoms with Crippen LogP contribution in [-0.4, -0.2) is 10.9 Å². The molecule has 2 rings (SSSR count). The molecule has 1 heterocycles. The van der Waals surface area contributed by atoms with E-state index >= 15 is 0 Å². The molecule has 18 heavy (non-hydrogen) atoms. The topological polar surface area (TPSA) is 68.0 Å². The van der Waals surface area contributed by atoms with Gasteiger partial charge in [0, 0.05) is 24.0 Å². The molecule has 1 aromatic carbocycles. The molecular weight excluding hydrogens is 226 g/mol. The highest BCUT2D eigenvalue weighted by Crippen LogP contribution is 2.11. The van der Waals surface area contributed by atoms with Crippen molar-refractivity contribution in [1.29, 1.82) is 0 Å². The number of carbonyl (C=O) groups is 1. The van der Waals surface area contributed by atoms with Crippen LogP contribution >= 0.6 is 0 Å². The molecule has 0 unspecified atom stereocenters. The number of hydrogen-bond acceptors (Lipinski definition) is 3. The molecule has 0 aliphatic heterocycles. The van der Waals surface area contributed by atoms with Crippen molar-refractivity contribution in [3.8, 4) is 0 Å². The summed E-state index contributed by atoms with van der Waals surface area (Å²) < 4.78 is 0. The maximum atomic E-state index is 12.0. The Morgan fingerprint density at radius 1 is 1.33 bits per heavy atom. The fourth-order valence-corrected chi connectivity index (χ4v) is 1.66. The number of nitrogens with one attached hydrogen (secondary N) is 1. The van der Waals surface area contributed by atoms with Crippen LogP contribution in [0.2, 0.25) is 0 Å². The summed E-state index contributed by atoms with van der Waals surface area (Å²) in [5, 5.41) is 2.84. The van der Waals surface area contributed by atoms with Crippen molar-refractivity contribution in [2.45, 2.75) is 13.5 Å². The van der Waals surface area contributed by atoms with Gasteiger partial charge in [0.15, 0.2) is 0 Å². The lowest BCUT2D eigenvalue weighted by molar-refractivity contribution is 0.102. The zero-order valence-electron chi connectivity index (χ0n) is 10.2. The van der Waals surface area contributed by atoms with Gasteiger partial charge in [-0.3, -0.25) is 9.78 Å². The van der Waals surface area contributed by atoms with E-state index in [2.05, 4.69) is 10.3 Å². The lowest BCUT2D eigenvalue weighted by Gasteiger charge is -2.06. The van der Waals surface area contributed by atoms with Gasteiger partial charge in [0.05, 0.1) is 5.69 Å². The maximum Gasteiger partial charge on any atom is 0.255 e. The summed E-state index contributed by atoms with van der Waals surface area (Å²) in [6, 6.07) is 11.0. The van der Waals surface area contributed by atoms with E-state index in [0.717, 1.165) is 11.3 Å². The van der Waals surface area contributed by atoms with E-state index in [4.69, 9.17) is 5.73 Å². The van der Waals surface area contributed by atoms with Crippen molar-refractivity contribution in [1.82, 2.24) is 4.98 Å². The number of aromatic nitrogens is 1. The molecule has 0 bridgehead atoms. The van der Waals surface area contributed by atoms with Gasteiger partial charge in [0.1, 0.15) is 0 Å². The van der Waals surface area contributed by atoms with Gasteiger partial charge in [-0.05, 0) is 36.8 Å². The fraction of sp³-hybridized carbons (Fsp3) is 0.143. The summed E-state index contributed by atoms with van der Waals surface area (Å²) in [5.74, 6) is -0.155. The first-order valence-corrected chi connectivity index (χ1v) is 5.72. The van der Waals surface area contributed by atoms with E-state index in [0.29, 0.717) is 17.8 Å². The lowest BCUT2D eigenvalue weighted by atomic mass is 10.2. The molecule has 92 valence electrons. The van der Waals surface area contributed by atoms with Crippen LogP contribution in [0.25, 0.3) is 0 Å². The smallest absolute Gasteiger partial charge is 0.255 e. The molecule has 0 saturated heterocycles. The molecule has 4 heteroatoms. The summed E-state index contributed by atoms with van der Waals surface area (Å²) >= 11 is 0. The van der Waals surface area contributed by atoms with Crippen LogP contribution in [0.4, 0.5) is 5.69 Å². The molecule has 4 nitrogen and oxygen atoms in total. The third-order valence-corrected chi connectivity index (χ3v) is 2.56. The average Bonchev–Trinajstić information content (AvgIpc) is 2.39. The number of benzene rings is 1. The molecule has 1 aromatic heterocycles. The van der Waals surface area contributed by atoms with Crippen molar-refractivity contribution in [3.63, 3.8) is 0 Å². The van der Waals surface area contributed by atoms with Gasteiger partial charge in [0.25, 0.3) is 5.91 Å². The standard InChI is InChI=1S/C14H15N3O/c1-10-3-2-4-12(7-10)17-14(18)11-5-6-16-13(8-11)9-15/h2-8H,9,15H2,1H3,(H,17,18). The van der Waals surface area contributed by atoms with Gasteiger partial charge in [0.2, 0.25) is 0 Å². The Bertz CT molecular complexity index is 566. The second-order valence-corrected chi connectivity index (χ2v) is 4.06. The molecule has 1 amide bonds. The Kier molecular flexibility index (Phi) is 3.69. The number of rotatable bonds is 3. The first-order valence-electron chi connectivity index (χ1n) is 5.72. The molecule has 0 radical (unpaired) electrons. The monoisotopic (exact) mass is 241 g/mol. The van der Waals surface area contributed by atoms with Crippen LogP contribution < -0.4 is 11.1 Å². The van der Waals surface area contributed by atoms with Gasteiger partial charge in [-0.15, -0.1) is 0 Å². The minimum atomic E-state index is -0.155. The van der Waals surface area contributed by atoms with E-state index in [1.54, 1.807) is 18.3 Å². The molecule has 0 saturated carbocycles. The first kappa shape index (κ1) is 12.3. The highest BCUT2D eigenvalue weighted by atomic mass is 16.1. The van der Waals surface area contributed by atoms with Gasteiger partial charge in [-0.25, -0.2) is 0 Å². The summed E-state index contributed by atoms with van der Waals surface area (Å²) in [7, 11) is 0. The summed E-state index contributed by atoms with van der Waals surface area (Å²) in [4.78, 5) is 16.1. The highest BCUT2D eigenvalue weighted by molar-refractivity contribution is 6.04. The number of nitrogens with two attached hydrogens (primary N) is 1. The molecule has 0 aliphatic carbocycles. The van der Waals surface area contributed by atoms with Gasteiger partial charge in [-0.2, -0.15) is 0 Å². The van der Waals surface area contributed by atoms with Crippen LogP contribution in [0.5, 0.6) is 0 Å². The number of nitrogens with zero attached hydrogens (tertiary/aromatic N) is 1. The predicted octanol–water partition coefficient (Wildman–Crippen LogP) is 2.10. The Morgan fingerprint density at radius 2 is 2.17 bits per heavy atom. The molecule has 0 atom stereocenters. The van der Waals surface area contributed by atoms with Crippen molar-refractivity contribution in [2.24, 2.45) is 5.73 Å². The van der Waals surface area contributed by atoms with Crippen LogP contribution in [0.1, 0.15) is 21.6 Å². The number of carbonyl (C=O) groups excluding carboxylic acids is 1. The van der Waals surface area contributed by atoms with Crippen molar-refractivity contribution in [3.05, 3.63) is 59.4 Å². The summed E-state index contributed by atoms with van der Waals surface area (Å²) in [6.45, 7) is 2.31. The number of amides is 1. The zero-order chi connectivity index (χ0) is 13.0. The normalized spacial score (nSPS) is 10.1. The van der Waals surface area contributed by atoms with Crippen LogP contribution in [-0.2, 0) is 6.54 Å². The number of anilines is 1. The number of pyridine rings is 1. The summed E-state index contributed by atoms with van der Waals surface area (Å²) in [6.07, 6.45) is 1.59. The van der Waals surface area contributed by atoms with E-state index < -0.39 is 0 Å². The maximum absolute atomic E-state index is 12.0. The quantitative estimate of drug-likeness (QED) is 0.864. The van der Waals surface area contributed by atoms with Crippen LogP contribution in [0, 0.1) is 6.92 Å². The van der Waals surface area contributed by atoms with Gasteiger partial charge in [-0.1, -0.05) is 12.1 Å². The van der Waals surface area contributed by atoms with Gasteiger partial charge < -0.3 is 11.1 Å². The largest absolute Gasteiger partial charge is 0.325 e. The Labute approximate surface area is 106 Å². The van der Waals surface area contributed by atoms with Crippen LogP contribution in [0.3, 0.4) is 0 Å². The number of hydrogen-bond donors (Lipinski definition) is 2. The van der Waals surface area contributed by atoms with E-state index in [1.165, 1.54) is 0 Å². The van der Waals surface area contributed by atoms with E-state index in [1.807, 2.05) is 31.2 Å². The Balaban J connectivity index is 2.16. The zero-order valence-corrected chi connectivity index (χ0v) is 10.2. The van der Waals surface area contributed by atoms with E-state index in [9.17, 15) is 4.79 Å². The third kappa shape index (κ3) is 2.93. The Hall–Kier alpha value is -2.20. The number of aryl methyl sites for hydroxylation is 1. The molecule has 3 N–H and O–H groups in total. The van der Waals surface area contributed by atoms with Crippen molar-refractivity contribution >= 4 is 11.6 Å². The Morgan fingerprint density at radius 3 is 2.89 bits per heavy atom. The van der Waals surface area contributed by atoms with Crippen LogP contribution in [0.15, 0.2) is 42.6 Å². The minimum Gasteiger partial charge on any atom is -0.325 e. The summed E-state index contributed by atoms with van der Waals surface area (Å²) in [5.41, 5.74) is 8.65. The van der Waals surface area contributed by atoms with Crippen molar-refractivity contribution in [2.75, 3.05) is 5.32 Å². The average molecular weight is 241 g/mol. The fourth-order valence-electron chi connectivity index (χ4n) is 1.66. The lowest BCUT2D eigenvalue weighted by Crippen LogP contribution is -2.13. The predicted molar refractivity (Wildman–Crippen MR) is 71.3 cm³/mol. The van der Waals surface area contributed by atoms with E-state index in [-0.39, 0.29) is 5.91 Å². The molecule has 2 aromatic rings. The molecule has 0 aliphatic rings. The minimum absolute atomic E-state index is 0.155. The molecule has 0 fully saturated rings. The van der Waals surface area contributed by atoms with Gasteiger partial charge >= 0.3 is 0 Å². The molecule has 0 spiro atoms. The second kappa shape index (κ2) is 5.42.